The van der Waals surface area contributed by atoms with E-state index in [9.17, 15) is 4.79 Å². The summed E-state index contributed by atoms with van der Waals surface area (Å²) in [4.78, 5) is 9.77. The molecule has 13 heavy (non-hydrogen) atoms. The SMILES string of the molecule is O=Cc1ccco1.c1ccnnc1. The van der Waals surface area contributed by atoms with Crippen LogP contribution in [0, 0.1) is 0 Å². The Morgan fingerprint density at radius 3 is 2.08 bits per heavy atom. The van der Waals surface area contributed by atoms with Crippen LogP contribution in [0.1, 0.15) is 10.6 Å². The van der Waals surface area contributed by atoms with Crippen molar-refractivity contribution in [3.8, 4) is 0 Å². The second-order valence-electron chi connectivity index (χ2n) is 2.05. The van der Waals surface area contributed by atoms with Crippen molar-refractivity contribution >= 4 is 6.29 Å². The van der Waals surface area contributed by atoms with Crippen molar-refractivity contribution in [3.05, 3.63) is 48.7 Å². The van der Waals surface area contributed by atoms with Crippen molar-refractivity contribution in [3.63, 3.8) is 0 Å². The van der Waals surface area contributed by atoms with Gasteiger partial charge in [0.15, 0.2) is 12.0 Å². The molecule has 0 saturated heterocycles. The molecular formula is C9H8N2O2. The quantitative estimate of drug-likeness (QED) is 0.619. The van der Waals surface area contributed by atoms with Crippen LogP contribution in [0.4, 0.5) is 0 Å². The summed E-state index contributed by atoms with van der Waals surface area (Å²) >= 11 is 0. The molecule has 66 valence electrons. The first-order chi connectivity index (χ1) is 6.43. The fourth-order valence-corrected chi connectivity index (χ4v) is 0.612. The van der Waals surface area contributed by atoms with Crippen LogP contribution in [0.2, 0.25) is 0 Å². The number of carbonyl (C=O) groups is 1. The predicted molar refractivity (Wildman–Crippen MR) is 46.1 cm³/mol. The van der Waals surface area contributed by atoms with Gasteiger partial charge >= 0.3 is 0 Å². The Hall–Kier alpha value is -1.97. The maximum atomic E-state index is 9.77. The Kier molecular flexibility index (Phi) is 3.96. The fraction of sp³-hybridized carbons (Fsp3) is 0. The van der Waals surface area contributed by atoms with E-state index in [1.807, 2.05) is 12.1 Å². The Balaban J connectivity index is 0.000000132. The van der Waals surface area contributed by atoms with Crippen LogP contribution in [0.25, 0.3) is 0 Å². The number of rotatable bonds is 1. The van der Waals surface area contributed by atoms with Gasteiger partial charge in [0.05, 0.1) is 6.26 Å². The molecule has 0 amide bonds. The first-order valence-corrected chi connectivity index (χ1v) is 3.64. The molecular weight excluding hydrogens is 168 g/mol. The highest BCUT2D eigenvalue weighted by Gasteiger charge is 1.84. The van der Waals surface area contributed by atoms with Gasteiger partial charge in [0.25, 0.3) is 0 Å². The first kappa shape index (κ1) is 9.12. The Labute approximate surface area is 75.2 Å². The van der Waals surface area contributed by atoms with Crippen LogP contribution in [-0.2, 0) is 0 Å². The molecule has 0 spiro atoms. The Morgan fingerprint density at radius 1 is 1.15 bits per heavy atom. The lowest BCUT2D eigenvalue weighted by atomic mass is 10.5. The molecule has 0 aliphatic carbocycles. The molecule has 0 saturated carbocycles. The lowest BCUT2D eigenvalue weighted by Crippen LogP contribution is -1.69. The lowest BCUT2D eigenvalue weighted by molar-refractivity contribution is 0.110. The zero-order valence-electron chi connectivity index (χ0n) is 6.83. The highest BCUT2D eigenvalue weighted by Crippen LogP contribution is 1.92. The largest absolute Gasteiger partial charge is 0.462 e. The molecule has 0 N–H and O–H groups in total. The highest BCUT2D eigenvalue weighted by molar-refractivity contribution is 5.69. The van der Waals surface area contributed by atoms with Gasteiger partial charge < -0.3 is 4.42 Å². The van der Waals surface area contributed by atoms with E-state index in [-0.39, 0.29) is 0 Å². The van der Waals surface area contributed by atoms with Gasteiger partial charge in [0.2, 0.25) is 0 Å². The van der Waals surface area contributed by atoms with Crippen molar-refractivity contribution < 1.29 is 9.21 Å². The summed E-state index contributed by atoms with van der Waals surface area (Å²) in [5.41, 5.74) is 0. The number of aldehydes is 1. The van der Waals surface area contributed by atoms with Crippen molar-refractivity contribution in [1.82, 2.24) is 10.2 Å². The van der Waals surface area contributed by atoms with E-state index in [1.54, 1.807) is 24.5 Å². The van der Waals surface area contributed by atoms with Crippen molar-refractivity contribution in [2.24, 2.45) is 0 Å². The van der Waals surface area contributed by atoms with Gasteiger partial charge in [-0.25, -0.2) is 0 Å². The van der Waals surface area contributed by atoms with Gasteiger partial charge in [-0.15, -0.1) is 0 Å². The monoisotopic (exact) mass is 176 g/mol. The van der Waals surface area contributed by atoms with E-state index in [0.717, 1.165) is 0 Å². The number of nitrogens with zero attached hydrogens (tertiary/aromatic N) is 2. The van der Waals surface area contributed by atoms with Crippen molar-refractivity contribution in [1.29, 1.82) is 0 Å². The third-order valence-electron chi connectivity index (χ3n) is 1.14. The minimum Gasteiger partial charge on any atom is -0.462 e. The number of carbonyl (C=O) groups excluding carboxylic acids is 1. The third kappa shape index (κ3) is 3.81. The van der Waals surface area contributed by atoms with Crippen LogP contribution in [0.5, 0.6) is 0 Å². The van der Waals surface area contributed by atoms with Crippen molar-refractivity contribution in [2.75, 3.05) is 0 Å². The maximum absolute atomic E-state index is 9.77. The molecule has 2 heterocycles. The summed E-state index contributed by atoms with van der Waals surface area (Å²) in [5.74, 6) is 0.375. The van der Waals surface area contributed by atoms with Gasteiger partial charge in [-0.05, 0) is 24.3 Å². The molecule has 0 aromatic carbocycles. The maximum Gasteiger partial charge on any atom is 0.185 e. The molecule has 0 bridgehead atoms. The van der Waals surface area contributed by atoms with Gasteiger partial charge in [-0.2, -0.15) is 10.2 Å². The molecule has 4 nitrogen and oxygen atoms in total. The predicted octanol–water partition coefficient (Wildman–Crippen LogP) is 1.57. The Morgan fingerprint density at radius 2 is 1.85 bits per heavy atom. The minimum atomic E-state index is 0.375. The van der Waals surface area contributed by atoms with E-state index in [4.69, 9.17) is 0 Å². The van der Waals surface area contributed by atoms with Crippen LogP contribution in [-0.4, -0.2) is 16.5 Å². The molecule has 2 aromatic rings. The van der Waals surface area contributed by atoms with Gasteiger partial charge in [0.1, 0.15) is 0 Å². The molecule has 0 unspecified atom stereocenters. The van der Waals surface area contributed by atoms with E-state index >= 15 is 0 Å². The van der Waals surface area contributed by atoms with Crippen LogP contribution >= 0.6 is 0 Å². The number of aromatic nitrogens is 2. The number of furan rings is 1. The second kappa shape index (κ2) is 5.65. The van der Waals surface area contributed by atoms with Crippen LogP contribution in [0.15, 0.2) is 47.3 Å². The topological polar surface area (TPSA) is 56.0 Å². The summed E-state index contributed by atoms with van der Waals surface area (Å²) in [6, 6.07) is 6.93. The van der Waals surface area contributed by atoms with Gasteiger partial charge in [0, 0.05) is 12.4 Å². The molecule has 0 fully saturated rings. The van der Waals surface area contributed by atoms with E-state index < -0.39 is 0 Å². The zero-order valence-corrected chi connectivity index (χ0v) is 6.83. The molecule has 4 heteroatoms. The molecule has 0 atom stereocenters. The molecule has 2 rings (SSSR count). The Bertz CT molecular complexity index is 292. The van der Waals surface area contributed by atoms with E-state index in [1.165, 1.54) is 6.26 Å². The fourth-order valence-electron chi connectivity index (χ4n) is 0.612. The minimum absolute atomic E-state index is 0.375. The molecule has 0 radical (unpaired) electrons. The third-order valence-corrected chi connectivity index (χ3v) is 1.14. The summed E-state index contributed by atoms with van der Waals surface area (Å²) in [6.45, 7) is 0. The van der Waals surface area contributed by atoms with Gasteiger partial charge in [-0.3, -0.25) is 4.79 Å². The summed E-state index contributed by atoms with van der Waals surface area (Å²) in [6.07, 6.45) is 5.41. The smallest absolute Gasteiger partial charge is 0.185 e. The second-order valence-corrected chi connectivity index (χ2v) is 2.05. The molecule has 0 aliphatic heterocycles. The summed E-state index contributed by atoms with van der Waals surface area (Å²) < 4.78 is 4.61. The average Bonchev–Trinajstić information content (AvgIpc) is 2.74. The van der Waals surface area contributed by atoms with Crippen LogP contribution in [0.3, 0.4) is 0 Å². The summed E-state index contributed by atoms with van der Waals surface area (Å²) in [7, 11) is 0. The first-order valence-electron chi connectivity index (χ1n) is 3.64. The van der Waals surface area contributed by atoms with Gasteiger partial charge in [-0.1, -0.05) is 0 Å². The molecule has 0 aliphatic rings. The summed E-state index contributed by atoms with van der Waals surface area (Å²) in [5, 5.41) is 7.07. The molecule has 2 aromatic heterocycles. The van der Waals surface area contributed by atoms with E-state index in [0.29, 0.717) is 12.0 Å². The van der Waals surface area contributed by atoms with Crippen molar-refractivity contribution in [2.45, 2.75) is 0 Å². The van der Waals surface area contributed by atoms with Crippen LogP contribution < -0.4 is 0 Å². The number of hydrogen-bond donors (Lipinski definition) is 0. The highest BCUT2D eigenvalue weighted by atomic mass is 16.3. The standard InChI is InChI=1S/C5H4O2.C4H4N2/c6-4-5-2-1-3-7-5;1-2-4-6-5-3-1/h1-4H;1-4H. The lowest BCUT2D eigenvalue weighted by Gasteiger charge is -1.69. The average molecular weight is 176 g/mol. The zero-order chi connectivity index (χ0) is 9.36. The van der Waals surface area contributed by atoms with E-state index in [2.05, 4.69) is 14.6 Å². The normalized spacial score (nSPS) is 8.31. The number of hydrogen-bond acceptors (Lipinski definition) is 4.